The molecule has 96 valence electrons. The average Bonchev–Trinajstić information content (AvgIpc) is 2.78. The Morgan fingerprint density at radius 2 is 2.00 bits per heavy atom. The summed E-state index contributed by atoms with van der Waals surface area (Å²) >= 11 is 0. The zero-order chi connectivity index (χ0) is 12.4. The van der Waals surface area contributed by atoms with Crippen molar-refractivity contribution < 1.29 is 24.2 Å². The van der Waals surface area contributed by atoms with E-state index in [1.807, 2.05) is 6.92 Å². The first kappa shape index (κ1) is 12.3. The van der Waals surface area contributed by atoms with Crippen molar-refractivity contribution in [2.24, 2.45) is 0 Å². The standard InChI is InChI=1S/C11H17NO5/c1-7-6-16-5-4-12(7)10(13)8-2-3-9(17-8)11(14)15/h7-9H,2-6H2,1H3,(H,14,15). The van der Waals surface area contributed by atoms with Gasteiger partial charge in [-0.15, -0.1) is 0 Å². The first-order chi connectivity index (χ1) is 8.09. The van der Waals surface area contributed by atoms with Crippen molar-refractivity contribution in [1.82, 2.24) is 4.90 Å². The van der Waals surface area contributed by atoms with Crippen LogP contribution in [-0.2, 0) is 19.1 Å². The highest BCUT2D eigenvalue weighted by Gasteiger charge is 2.38. The van der Waals surface area contributed by atoms with Crippen LogP contribution in [0.5, 0.6) is 0 Å². The van der Waals surface area contributed by atoms with Crippen LogP contribution in [0, 0.1) is 0 Å². The second-order valence-corrected chi connectivity index (χ2v) is 4.48. The highest BCUT2D eigenvalue weighted by molar-refractivity contribution is 5.83. The molecule has 6 nitrogen and oxygen atoms in total. The number of rotatable bonds is 2. The molecule has 2 aliphatic heterocycles. The molecule has 17 heavy (non-hydrogen) atoms. The molecule has 0 aromatic rings. The number of hydrogen-bond acceptors (Lipinski definition) is 4. The van der Waals surface area contributed by atoms with E-state index in [1.165, 1.54) is 0 Å². The SMILES string of the molecule is CC1COCCN1C(=O)C1CCC(C(=O)O)O1. The maximum Gasteiger partial charge on any atom is 0.332 e. The quantitative estimate of drug-likeness (QED) is 0.731. The normalized spacial score (nSPS) is 33.7. The number of morpholine rings is 1. The topological polar surface area (TPSA) is 76.1 Å². The van der Waals surface area contributed by atoms with E-state index in [1.54, 1.807) is 4.90 Å². The fourth-order valence-electron chi connectivity index (χ4n) is 2.24. The Labute approximate surface area is 99.5 Å². The summed E-state index contributed by atoms with van der Waals surface area (Å²) in [6.45, 7) is 3.53. The minimum atomic E-state index is -0.990. The summed E-state index contributed by atoms with van der Waals surface area (Å²) < 4.78 is 10.5. The summed E-state index contributed by atoms with van der Waals surface area (Å²) in [4.78, 5) is 24.6. The second kappa shape index (κ2) is 5.01. The first-order valence-corrected chi connectivity index (χ1v) is 5.86. The highest BCUT2D eigenvalue weighted by atomic mass is 16.5. The smallest absolute Gasteiger partial charge is 0.332 e. The second-order valence-electron chi connectivity index (χ2n) is 4.48. The number of hydrogen-bond donors (Lipinski definition) is 1. The molecule has 6 heteroatoms. The van der Waals surface area contributed by atoms with Gasteiger partial charge in [-0.05, 0) is 19.8 Å². The van der Waals surface area contributed by atoms with Crippen molar-refractivity contribution in [1.29, 1.82) is 0 Å². The summed E-state index contributed by atoms with van der Waals surface area (Å²) in [5.74, 6) is -1.10. The van der Waals surface area contributed by atoms with Gasteiger partial charge in [0.15, 0.2) is 6.10 Å². The van der Waals surface area contributed by atoms with E-state index in [0.29, 0.717) is 32.6 Å². The number of aliphatic carboxylic acids is 1. The number of carboxylic acids is 1. The van der Waals surface area contributed by atoms with Gasteiger partial charge in [-0.2, -0.15) is 0 Å². The minimum Gasteiger partial charge on any atom is -0.479 e. The van der Waals surface area contributed by atoms with Gasteiger partial charge >= 0.3 is 5.97 Å². The van der Waals surface area contributed by atoms with Crippen LogP contribution in [0.25, 0.3) is 0 Å². The predicted molar refractivity (Wildman–Crippen MR) is 57.5 cm³/mol. The number of carboxylic acid groups (broad SMARTS) is 1. The third kappa shape index (κ3) is 2.58. The van der Waals surface area contributed by atoms with E-state index in [4.69, 9.17) is 14.6 Å². The molecule has 3 atom stereocenters. The van der Waals surface area contributed by atoms with E-state index < -0.39 is 18.2 Å². The molecule has 2 fully saturated rings. The molecule has 3 unspecified atom stereocenters. The van der Waals surface area contributed by atoms with Gasteiger partial charge in [0.2, 0.25) is 0 Å². The van der Waals surface area contributed by atoms with Gasteiger partial charge in [0, 0.05) is 6.54 Å². The molecule has 0 spiro atoms. The number of carbonyl (C=O) groups excluding carboxylic acids is 1. The molecule has 0 aliphatic carbocycles. The van der Waals surface area contributed by atoms with Crippen LogP contribution in [0.15, 0.2) is 0 Å². The molecule has 0 bridgehead atoms. The summed E-state index contributed by atoms with van der Waals surface area (Å²) in [7, 11) is 0. The van der Waals surface area contributed by atoms with E-state index in [9.17, 15) is 9.59 Å². The zero-order valence-electron chi connectivity index (χ0n) is 9.80. The largest absolute Gasteiger partial charge is 0.479 e. The van der Waals surface area contributed by atoms with E-state index in [0.717, 1.165) is 0 Å². The Bertz CT molecular complexity index is 319. The maximum absolute atomic E-state index is 12.1. The van der Waals surface area contributed by atoms with Crippen molar-refractivity contribution in [2.75, 3.05) is 19.8 Å². The predicted octanol–water partition coefficient (Wildman–Crippen LogP) is -0.134. The number of nitrogens with zero attached hydrogens (tertiary/aromatic N) is 1. The Balaban J connectivity index is 1.94. The molecule has 2 heterocycles. The molecule has 2 aliphatic rings. The monoisotopic (exact) mass is 243 g/mol. The zero-order valence-corrected chi connectivity index (χ0v) is 9.80. The van der Waals surface area contributed by atoms with Gasteiger partial charge in [0.1, 0.15) is 6.10 Å². The highest BCUT2D eigenvalue weighted by Crippen LogP contribution is 2.23. The van der Waals surface area contributed by atoms with Crippen LogP contribution >= 0.6 is 0 Å². The van der Waals surface area contributed by atoms with Crippen molar-refractivity contribution >= 4 is 11.9 Å². The summed E-state index contributed by atoms with van der Waals surface area (Å²) in [6, 6.07) is 0.0312. The lowest BCUT2D eigenvalue weighted by Gasteiger charge is -2.34. The molecule has 1 N–H and O–H groups in total. The van der Waals surface area contributed by atoms with Crippen LogP contribution in [0.3, 0.4) is 0 Å². The van der Waals surface area contributed by atoms with Crippen LogP contribution < -0.4 is 0 Å². The molecule has 0 saturated carbocycles. The fraction of sp³-hybridized carbons (Fsp3) is 0.818. The maximum atomic E-state index is 12.1. The Kier molecular flexibility index (Phi) is 3.63. The van der Waals surface area contributed by atoms with Crippen molar-refractivity contribution in [3.05, 3.63) is 0 Å². The van der Waals surface area contributed by atoms with Gasteiger partial charge in [0.25, 0.3) is 5.91 Å². The Hall–Kier alpha value is -1.14. The number of carbonyl (C=O) groups is 2. The third-order valence-electron chi connectivity index (χ3n) is 3.22. The first-order valence-electron chi connectivity index (χ1n) is 5.86. The van der Waals surface area contributed by atoms with Gasteiger partial charge in [-0.1, -0.05) is 0 Å². The molecule has 1 amide bonds. The summed E-state index contributed by atoms with van der Waals surface area (Å²) in [5.41, 5.74) is 0. The van der Waals surface area contributed by atoms with Gasteiger partial charge in [0.05, 0.1) is 19.3 Å². The molecular formula is C11H17NO5. The van der Waals surface area contributed by atoms with E-state index in [-0.39, 0.29) is 11.9 Å². The summed E-state index contributed by atoms with van der Waals surface area (Å²) in [6.07, 6.45) is -0.540. The minimum absolute atomic E-state index is 0.0312. The number of ether oxygens (including phenoxy) is 2. The Morgan fingerprint density at radius 3 is 2.59 bits per heavy atom. The summed E-state index contributed by atoms with van der Waals surface area (Å²) in [5, 5.41) is 8.81. The van der Waals surface area contributed by atoms with Crippen molar-refractivity contribution in [3.63, 3.8) is 0 Å². The van der Waals surface area contributed by atoms with E-state index >= 15 is 0 Å². The number of amides is 1. The van der Waals surface area contributed by atoms with Crippen molar-refractivity contribution in [2.45, 2.75) is 38.0 Å². The van der Waals surface area contributed by atoms with Gasteiger partial charge in [-0.25, -0.2) is 4.79 Å². The van der Waals surface area contributed by atoms with Crippen molar-refractivity contribution in [3.8, 4) is 0 Å². The van der Waals surface area contributed by atoms with Crippen LogP contribution in [0.4, 0.5) is 0 Å². The molecule has 2 saturated heterocycles. The molecule has 0 radical (unpaired) electrons. The van der Waals surface area contributed by atoms with E-state index in [2.05, 4.69) is 0 Å². The molecule has 0 aromatic heterocycles. The van der Waals surface area contributed by atoms with Crippen LogP contribution in [0.1, 0.15) is 19.8 Å². The van der Waals surface area contributed by atoms with Gasteiger partial charge < -0.3 is 19.5 Å². The average molecular weight is 243 g/mol. The molecule has 2 rings (SSSR count). The molecular weight excluding hydrogens is 226 g/mol. The lowest BCUT2D eigenvalue weighted by molar-refractivity contribution is -0.158. The lowest BCUT2D eigenvalue weighted by Crippen LogP contribution is -2.50. The third-order valence-corrected chi connectivity index (χ3v) is 3.22. The van der Waals surface area contributed by atoms with Gasteiger partial charge in [-0.3, -0.25) is 4.79 Å². The lowest BCUT2D eigenvalue weighted by atomic mass is 10.1. The fourth-order valence-corrected chi connectivity index (χ4v) is 2.24. The Morgan fingerprint density at radius 1 is 1.29 bits per heavy atom. The van der Waals surface area contributed by atoms with Crippen LogP contribution in [0.2, 0.25) is 0 Å². The molecule has 0 aromatic carbocycles. The van der Waals surface area contributed by atoms with Crippen LogP contribution in [-0.4, -0.2) is 59.9 Å².